The van der Waals surface area contributed by atoms with Gasteiger partial charge in [0, 0.05) is 12.0 Å². The van der Waals surface area contributed by atoms with Gasteiger partial charge in [0.15, 0.2) is 0 Å². The van der Waals surface area contributed by atoms with Crippen molar-refractivity contribution < 1.29 is 19.6 Å². The molecule has 0 amide bonds. The molecule has 19 heavy (non-hydrogen) atoms. The van der Waals surface area contributed by atoms with Gasteiger partial charge >= 0.3 is 5.97 Å². The summed E-state index contributed by atoms with van der Waals surface area (Å²) >= 11 is 0. The molecule has 0 heterocycles. The predicted molar refractivity (Wildman–Crippen MR) is 68.4 cm³/mol. The first-order valence-electron chi connectivity index (χ1n) is 5.73. The Hall–Kier alpha value is -2.15. The molecule has 1 atom stereocenters. The number of benzene rings is 1. The average molecular weight is 268 g/mol. The van der Waals surface area contributed by atoms with E-state index in [2.05, 4.69) is 5.32 Å². The Morgan fingerprint density at radius 1 is 1.58 bits per heavy atom. The highest BCUT2D eigenvalue weighted by molar-refractivity contribution is 5.73. The molecule has 104 valence electrons. The van der Waals surface area contributed by atoms with Crippen molar-refractivity contribution >= 4 is 11.7 Å². The summed E-state index contributed by atoms with van der Waals surface area (Å²) in [6.45, 7) is 1.81. The van der Waals surface area contributed by atoms with E-state index in [0.717, 1.165) is 0 Å². The fourth-order valence-corrected chi connectivity index (χ4v) is 1.56. The largest absolute Gasteiger partial charge is 0.493 e. The Kier molecular flexibility index (Phi) is 5.25. The quantitative estimate of drug-likeness (QED) is 0.571. The number of hydrogen-bond acceptors (Lipinski definition) is 5. The SMILES string of the molecule is CNC(CCOc1ccc(C)c([N+](=O)[O-])c1)C(=O)O. The molecule has 0 fully saturated rings. The van der Waals surface area contributed by atoms with E-state index in [1.165, 1.54) is 6.07 Å². The third kappa shape index (κ3) is 4.22. The van der Waals surface area contributed by atoms with Gasteiger partial charge in [-0.3, -0.25) is 14.9 Å². The summed E-state index contributed by atoms with van der Waals surface area (Å²) in [6.07, 6.45) is 0.271. The fraction of sp³-hybridized carbons (Fsp3) is 0.417. The maximum absolute atomic E-state index is 10.8. The molecule has 1 rings (SSSR count). The topological polar surface area (TPSA) is 102 Å². The van der Waals surface area contributed by atoms with E-state index >= 15 is 0 Å². The van der Waals surface area contributed by atoms with Crippen LogP contribution in [0.4, 0.5) is 5.69 Å². The van der Waals surface area contributed by atoms with E-state index in [1.54, 1.807) is 26.1 Å². The number of carbonyl (C=O) groups is 1. The Balaban J connectivity index is 2.61. The number of likely N-dealkylation sites (N-methyl/N-ethyl adjacent to an activating group) is 1. The number of nitrogens with one attached hydrogen (secondary N) is 1. The van der Waals surface area contributed by atoms with Gasteiger partial charge in [0.05, 0.1) is 17.6 Å². The number of aryl methyl sites for hydroxylation is 1. The van der Waals surface area contributed by atoms with Crippen LogP contribution in [0.5, 0.6) is 5.75 Å². The van der Waals surface area contributed by atoms with Gasteiger partial charge in [0.1, 0.15) is 11.8 Å². The summed E-state index contributed by atoms with van der Waals surface area (Å²) in [7, 11) is 1.55. The van der Waals surface area contributed by atoms with Crippen molar-refractivity contribution in [2.75, 3.05) is 13.7 Å². The summed E-state index contributed by atoms with van der Waals surface area (Å²) in [4.78, 5) is 21.0. The van der Waals surface area contributed by atoms with Crippen LogP contribution in [0, 0.1) is 17.0 Å². The Bertz CT molecular complexity index is 475. The number of carboxylic acids is 1. The number of nitro groups is 1. The third-order valence-electron chi connectivity index (χ3n) is 2.70. The van der Waals surface area contributed by atoms with Crippen LogP contribution in [0.1, 0.15) is 12.0 Å². The molecule has 0 bridgehead atoms. The molecular weight excluding hydrogens is 252 g/mol. The lowest BCUT2D eigenvalue weighted by molar-refractivity contribution is -0.385. The lowest BCUT2D eigenvalue weighted by atomic mass is 10.2. The molecule has 7 nitrogen and oxygen atoms in total. The van der Waals surface area contributed by atoms with E-state index in [1.807, 2.05) is 0 Å². The monoisotopic (exact) mass is 268 g/mol. The first kappa shape index (κ1) is 14.9. The molecule has 0 aliphatic rings. The van der Waals surface area contributed by atoms with Crippen LogP contribution in [0.3, 0.4) is 0 Å². The molecule has 0 saturated heterocycles. The van der Waals surface area contributed by atoms with Crippen molar-refractivity contribution in [2.45, 2.75) is 19.4 Å². The predicted octanol–water partition coefficient (Wildman–Crippen LogP) is 1.34. The van der Waals surface area contributed by atoms with Gasteiger partial charge in [0.25, 0.3) is 5.69 Å². The summed E-state index contributed by atoms with van der Waals surface area (Å²) in [5.41, 5.74) is 0.539. The van der Waals surface area contributed by atoms with Gasteiger partial charge in [-0.25, -0.2) is 0 Å². The second kappa shape index (κ2) is 6.69. The molecule has 0 aromatic heterocycles. The van der Waals surface area contributed by atoms with Gasteiger partial charge < -0.3 is 15.2 Å². The van der Waals surface area contributed by atoms with Crippen molar-refractivity contribution in [1.82, 2.24) is 5.32 Å². The smallest absolute Gasteiger partial charge is 0.320 e. The Labute approximate surface area is 110 Å². The lowest BCUT2D eigenvalue weighted by Crippen LogP contribution is -2.35. The highest BCUT2D eigenvalue weighted by Gasteiger charge is 2.15. The van der Waals surface area contributed by atoms with E-state index < -0.39 is 16.9 Å². The van der Waals surface area contributed by atoms with E-state index in [4.69, 9.17) is 9.84 Å². The van der Waals surface area contributed by atoms with Crippen molar-refractivity contribution in [1.29, 1.82) is 0 Å². The minimum Gasteiger partial charge on any atom is -0.493 e. The van der Waals surface area contributed by atoms with Crippen LogP contribution in [-0.2, 0) is 4.79 Å². The van der Waals surface area contributed by atoms with E-state index in [0.29, 0.717) is 11.3 Å². The van der Waals surface area contributed by atoms with Crippen molar-refractivity contribution in [3.63, 3.8) is 0 Å². The second-order valence-corrected chi connectivity index (χ2v) is 4.02. The molecular formula is C12H16N2O5. The molecule has 7 heteroatoms. The summed E-state index contributed by atoms with van der Waals surface area (Å²) in [5.74, 6) is -0.599. The average Bonchev–Trinajstić information content (AvgIpc) is 2.35. The van der Waals surface area contributed by atoms with Gasteiger partial charge in [0.2, 0.25) is 0 Å². The minimum absolute atomic E-state index is 0.0131. The number of hydrogen-bond donors (Lipinski definition) is 2. The van der Waals surface area contributed by atoms with Crippen LogP contribution < -0.4 is 10.1 Å². The number of ether oxygens (including phenoxy) is 1. The fourth-order valence-electron chi connectivity index (χ4n) is 1.56. The van der Waals surface area contributed by atoms with E-state index in [9.17, 15) is 14.9 Å². The van der Waals surface area contributed by atoms with E-state index in [-0.39, 0.29) is 18.7 Å². The summed E-state index contributed by atoms with van der Waals surface area (Å²) < 4.78 is 5.33. The van der Waals surface area contributed by atoms with Gasteiger partial charge in [-0.1, -0.05) is 0 Å². The van der Waals surface area contributed by atoms with Gasteiger partial charge in [-0.15, -0.1) is 0 Å². The standard InChI is InChI=1S/C12H16N2O5/c1-8-3-4-9(7-11(8)14(17)18)19-6-5-10(13-2)12(15)16/h3-4,7,10,13H,5-6H2,1-2H3,(H,15,16). The van der Waals surface area contributed by atoms with Gasteiger partial charge in [-0.2, -0.15) is 0 Å². The van der Waals surface area contributed by atoms with Crippen LogP contribution in [0.25, 0.3) is 0 Å². The van der Waals surface area contributed by atoms with Crippen LogP contribution in [0.2, 0.25) is 0 Å². The normalized spacial score (nSPS) is 11.9. The Morgan fingerprint density at radius 2 is 2.26 bits per heavy atom. The molecule has 0 spiro atoms. The van der Waals surface area contributed by atoms with Crippen LogP contribution in [-0.4, -0.2) is 35.7 Å². The maximum atomic E-state index is 10.8. The molecule has 0 saturated carbocycles. The highest BCUT2D eigenvalue weighted by Crippen LogP contribution is 2.23. The zero-order valence-electron chi connectivity index (χ0n) is 10.8. The first-order valence-corrected chi connectivity index (χ1v) is 5.73. The number of nitrogens with zero attached hydrogens (tertiary/aromatic N) is 1. The number of nitro benzene ring substituents is 1. The lowest BCUT2D eigenvalue weighted by Gasteiger charge is -2.12. The molecule has 0 aliphatic carbocycles. The second-order valence-electron chi connectivity index (χ2n) is 4.02. The van der Waals surface area contributed by atoms with Crippen molar-refractivity contribution in [3.8, 4) is 5.75 Å². The minimum atomic E-state index is -0.957. The number of rotatable bonds is 7. The molecule has 0 aliphatic heterocycles. The molecule has 1 aromatic rings. The van der Waals surface area contributed by atoms with Gasteiger partial charge in [-0.05, 0) is 26.1 Å². The molecule has 2 N–H and O–H groups in total. The summed E-state index contributed by atoms with van der Waals surface area (Å²) in [6, 6.07) is 3.86. The van der Waals surface area contributed by atoms with Crippen molar-refractivity contribution in [2.24, 2.45) is 0 Å². The van der Waals surface area contributed by atoms with Crippen molar-refractivity contribution in [3.05, 3.63) is 33.9 Å². The number of aliphatic carboxylic acids is 1. The van der Waals surface area contributed by atoms with Crippen LogP contribution in [0.15, 0.2) is 18.2 Å². The zero-order chi connectivity index (χ0) is 14.4. The first-order chi connectivity index (χ1) is 8.95. The zero-order valence-corrected chi connectivity index (χ0v) is 10.8. The molecule has 1 unspecified atom stereocenters. The third-order valence-corrected chi connectivity index (χ3v) is 2.70. The highest BCUT2D eigenvalue weighted by atomic mass is 16.6. The molecule has 0 radical (unpaired) electrons. The maximum Gasteiger partial charge on any atom is 0.320 e. The Morgan fingerprint density at radius 3 is 2.79 bits per heavy atom. The number of carboxylic acid groups (broad SMARTS) is 1. The van der Waals surface area contributed by atoms with Crippen LogP contribution >= 0.6 is 0 Å². The molecule has 1 aromatic carbocycles. The summed E-state index contributed by atoms with van der Waals surface area (Å²) in [5, 5.41) is 22.2.